The highest BCUT2D eigenvalue weighted by molar-refractivity contribution is 7.78. The van der Waals surface area contributed by atoms with Crippen molar-refractivity contribution < 1.29 is 0 Å². The number of allylic oxidation sites excluding steroid dienone is 1. The molecule has 0 spiro atoms. The standard InChI is InChI=1S/C10H21N3S/c1-9(5-6-13-14)3-4-10(7-11)8-12-2/h7-9,13-14H,3-6,11H2,1-2H3. The highest BCUT2D eigenvalue weighted by Crippen LogP contribution is 2.13. The van der Waals surface area contributed by atoms with Gasteiger partial charge in [0, 0.05) is 19.8 Å². The van der Waals surface area contributed by atoms with Crippen molar-refractivity contribution in [2.45, 2.75) is 26.2 Å². The van der Waals surface area contributed by atoms with E-state index in [0.29, 0.717) is 5.92 Å². The van der Waals surface area contributed by atoms with Gasteiger partial charge in [0.05, 0.1) is 0 Å². The van der Waals surface area contributed by atoms with Gasteiger partial charge in [0.25, 0.3) is 0 Å². The average Bonchev–Trinajstić information content (AvgIpc) is 2.21. The summed E-state index contributed by atoms with van der Waals surface area (Å²) in [6, 6.07) is 0. The Morgan fingerprint density at radius 3 is 2.79 bits per heavy atom. The lowest BCUT2D eigenvalue weighted by atomic mass is 9.99. The van der Waals surface area contributed by atoms with Crippen molar-refractivity contribution in [1.82, 2.24) is 4.72 Å². The predicted molar refractivity (Wildman–Crippen MR) is 66.7 cm³/mol. The van der Waals surface area contributed by atoms with Crippen molar-refractivity contribution in [3.05, 3.63) is 11.8 Å². The highest BCUT2D eigenvalue weighted by atomic mass is 32.1. The third-order valence-corrected chi connectivity index (χ3v) is 2.41. The summed E-state index contributed by atoms with van der Waals surface area (Å²) in [5.74, 6) is 0.690. The number of nitrogens with two attached hydrogens (primary N) is 1. The van der Waals surface area contributed by atoms with E-state index in [1.54, 1.807) is 13.2 Å². The summed E-state index contributed by atoms with van der Waals surface area (Å²) >= 11 is 3.95. The summed E-state index contributed by atoms with van der Waals surface area (Å²) in [6.07, 6.45) is 6.75. The van der Waals surface area contributed by atoms with Crippen LogP contribution < -0.4 is 10.5 Å². The van der Waals surface area contributed by atoms with Crippen LogP contribution in [0.15, 0.2) is 16.8 Å². The van der Waals surface area contributed by atoms with Gasteiger partial charge in [-0.05, 0) is 37.0 Å². The van der Waals surface area contributed by atoms with Crippen LogP contribution in [0.3, 0.4) is 0 Å². The number of hydrogen-bond donors (Lipinski definition) is 3. The highest BCUT2D eigenvalue weighted by Gasteiger charge is 2.02. The van der Waals surface area contributed by atoms with Crippen molar-refractivity contribution in [2.75, 3.05) is 13.6 Å². The SMILES string of the molecule is CN=CC(=CN)CCC(C)CCNS. The molecule has 0 aliphatic rings. The maximum atomic E-state index is 5.47. The van der Waals surface area contributed by atoms with Crippen LogP contribution in [0.2, 0.25) is 0 Å². The van der Waals surface area contributed by atoms with Gasteiger partial charge in [-0.3, -0.25) is 9.71 Å². The Morgan fingerprint density at radius 1 is 1.57 bits per heavy atom. The van der Waals surface area contributed by atoms with Crippen molar-refractivity contribution in [3.8, 4) is 0 Å². The molecule has 0 heterocycles. The van der Waals surface area contributed by atoms with Crippen LogP contribution in [0.4, 0.5) is 0 Å². The van der Waals surface area contributed by atoms with Crippen LogP contribution in [0.1, 0.15) is 26.2 Å². The second kappa shape index (κ2) is 9.09. The largest absolute Gasteiger partial charge is 0.404 e. The summed E-state index contributed by atoms with van der Waals surface area (Å²) < 4.78 is 2.85. The summed E-state index contributed by atoms with van der Waals surface area (Å²) in [6.45, 7) is 3.19. The minimum absolute atomic E-state index is 0.690. The van der Waals surface area contributed by atoms with Crippen molar-refractivity contribution >= 4 is 19.0 Å². The van der Waals surface area contributed by atoms with E-state index in [9.17, 15) is 0 Å². The monoisotopic (exact) mass is 215 g/mol. The molecule has 0 aliphatic heterocycles. The quantitative estimate of drug-likeness (QED) is 0.448. The van der Waals surface area contributed by atoms with Crippen LogP contribution in [0, 0.1) is 5.92 Å². The fourth-order valence-electron chi connectivity index (χ4n) is 1.23. The Hall–Kier alpha value is -0.480. The van der Waals surface area contributed by atoms with E-state index in [0.717, 1.165) is 31.4 Å². The molecule has 0 radical (unpaired) electrons. The number of thiol groups is 1. The predicted octanol–water partition coefficient (Wildman–Crippen LogP) is 1.77. The second-order valence-corrected chi connectivity index (χ2v) is 3.79. The number of hydrogen-bond acceptors (Lipinski definition) is 4. The van der Waals surface area contributed by atoms with Crippen molar-refractivity contribution in [1.29, 1.82) is 0 Å². The Kier molecular flexibility index (Phi) is 8.78. The fourth-order valence-corrected chi connectivity index (χ4v) is 1.35. The minimum Gasteiger partial charge on any atom is -0.404 e. The third kappa shape index (κ3) is 6.97. The first-order chi connectivity index (χ1) is 6.74. The lowest BCUT2D eigenvalue weighted by molar-refractivity contribution is 0.496. The fraction of sp³-hybridized carbons (Fsp3) is 0.700. The second-order valence-electron chi connectivity index (χ2n) is 3.47. The summed E-state index contributed by atoms with van der Waals surface area (Å²) in [5, 5.41) is 0. The Morgan fingerprint density at radius 2 is 2.29 bits per heavy atom. The van der Waals surface area contributed by atoms with Gasteiger partial charge in [0.15, 0.2) is 0 Å². The molecule has 3 N–H and O–H groups in total. The molecule has 3 nitrogen and oxygen atoms in total. The first-order valence-electron chi connectivity index (χ1n) is 4.94. The number of nitrogens with one attached hydrogen (secondary N) is 1. The van der Waals surface area contributed by atoms with Crippen LogP contribution in [-0.4, -0.2) is 19.8 Å². The van der Waals surface area contributed by atoms with Gasteiger partial charge >= 0.3 is 0 Å². The smallest absolute Gasteiger partial charge is 0.0277 e. The van der Waals surface area contributed by atoms with Crippen molar-refractivity contribution in [2.24, 2.45) is 16.6 Å². The van der Waals surface area contributed by atoms with E-state index < -0.39 is 0 Å². The first-order valence-corrected chi connectivity index (χ1v) is 5.39. The molecule has 0 aliphatic carbocycles. The molecule has 0 rings (SSSR count). The van der Waals surface area contributed by atoms with E-state index in [1.807, 2.05) is 6.21 Å². The van der Waals surface area contributed by atoms with Gasteiger partial charge < -0.3 is 5.73 Å². The van der Waals surface area contributed by atoms with E-state index in [1.165, 1.54) is 0 Å². The van der Waals surface area contributed by atoms with Crippen molar-refractivity contribution in [3.63, 3.8) is 0 Å². The molecule has 0 saturated heterocycles. The molecule has 14 heavy (non-hydrogen) atoms. The zero-order valence-corrected chi connectivity index (χ0v) is 9.93. The number of aliphatic imine (C=N–C) groups is 1. The van der Waals surface area contributed by atoms with Gasteiger partial charge in [0.1, 0.15) is 0 Å². The average molecular weight is 215 g/mol. The number of rotatable bonds is 7. The van der Waals surface area contributed by atoms with E-state index in [2.05, 4.69) is 29.5 Å². The maximum Gasteiger partial charge on any atom is 0.0277 e. The molecular weight excluding hydrogens is 194 g/mol. The molecule has 4 heteroatoms. The molecular formula is C10H21N3S. The molecule has 1 unspecified atom stereocenters. The van der Waals surface area contributed by atoms with Gasteiger partial charge in [0.2, 0.25) is 0 Å². The van der Waals surface area contributed by atoms with Gasteiger partial charge in [-0.1, -0.05) is 19.7 Å². The zero-order chi connectivity index (χ0) is 10.8. The van der Waals surface area contributed by atoms with E-state index in [4.69, 9.17) is 5.73 Å². The topological polar surface area (TPSA) is 50.4 Å². The maximum absolute atomic E-state index is 5.47. The van der Waals surface area contributed by atoms with Crippen LogP contribution in [0.25, 0.3) is 0 Å². The summed E-state index contributed by atoms with van der Waals surface area (Å²) in [4.78, 5) is 3.95. The molecule has 0 saturated carbocycles. The summed E-state index contributed by atoms with van der Waals surface area (Å²) in [5.41, 5.74) is 6.58. The molecule has 82 valence electrons. The van der Waals surface area contributed by atoms with Crippen LogP contribution in [-0.2, 0) is 0 Å². The molecule has 0 amide bonds. The Labute approximate surface area is 92.4 Å². The normalized spacial score (nSPS) is 14.9. The van der Waals surface area contributed by atoms with Gasteiger partial charge in [-0.25, -0.2) is 0 Å². The molecule has 0 aromatic rings. The van der Waals surface area contributed by atoms with E-state index in [-0.39, 0.29) is 0 Å². The molecule has 1 atom stereocenters. The minimum atomic E-state index is 0.690. The molecule has 0 bridgehead atoms. The lowest BCUT2D eigenvalue weighted by Crippen LogP contribution is -2.07. The lowest BCUT2D eigenvalue weighted by Gasteiger charge is -2.10. The van der Waals surface area contributed by atoms with Crippen LogP contribution in [0.5, 0.6) is 0 Å². The first kappa shape index (κ1) is 13.5. The van der Waals surface area contributed by atoms with Gasteiger partial charge in [-0.2, -0.15) is 0 Å². The van der Waals surface area contributed by atoms with Gasteiger partial charge in [-0.15, -0.1) is 0 Å². The number of nitrogens with zero attached hydrogens (tertiary/aromatic N) is 1. The van der Waals surface area contributed by atoms with E-state index >= 15 is 0 Å². The molecule has 0 fully saturated rings. The zero-order valence-electron chi connectivity index (χ0n) is 9.03. The molecule has 0 aromatic carbocycles. The summed E-state index contributed by atoms with van der Waals surface area (Å²) in [7, 11) is 1.76. The Bertz CT molecular complexity index is 190. The third-order valence-electron chi connectivity index (χ3n) is 2.18. The Balaban J connectivity index is 3.69. The van der Waals surface area contributed by atoms with Crippen LogP contribution >= 0.6 is 12.8 Å². The molecule has 0 aromatic heterocycles.